The van der Waals surface area contributed by atoms with Gasteiger partial charge in [0.05, 0.1) is 23.8 Å². The average molecular weight is 645 g/mol. The van der Waals surface area contributed by atoms with Crippen molar-refractivity contribution in [3.63, 3.8) is 0 Å². The first-order valence-electron chi connectivity index (χ1n) is 17.0. The Morgan fingerprint density at radius 2 is 1.32 bits per heavy atom. The summed E-state index contributed by atoms with van der Waals surface area (Å²) in [6, 6.07) is 52.9. The summed E-state index contributed by atoms with van der Waals surface area (Å²) in [6.07, 6.45) is 14.1. The van der Waals surface area contributed by atoms with Crippen LogP contribution in [0.5, 0.6) is 0 Å². The lowest BCUT2D eigenvalue weighted by atomic mass is 9.87. The molecule has 8 rings (SSSR count). The molecule has 240 valence electrons. The predicted octanol–water partition coefficient (Wildman–Crippen LogP) is 11.9. The highest BCUT2D eigenvalue weighted by Crippen LogP contribution is 2.45. The number of anilines is 4. The van der Waals surface area contributed by atoms with Gasteiger partial charge in [0.1, 0.15) is 0 Å². The third-order valence-electron chi connectivity index (χ3n) is 9.34. The zero-order valence-electron chi connectivity index (χ0n) is 27.5. The molecule has 0 spiro atoms. The van der Waals surface area contributed by atoms with E-state index < -0.39 is 0 Å². The van der Waals surface area contributed by atoms with Gasteiger partial charge in [-0.1, -0.05) is 152 Å². The van der Waals surface area contributed by atoms with Crippen LogP contribution in [0.3, 0.4) is 0 Å². The first-order valence-corrected chi connectivity index (χ1v) is 17.0. The van der Waals surface area contributed by atoms with Crippen molar-refractivity contribution in [3.8, 4) is 22.3 Å². The van der Waals surface area contributed by atoms with Gasteiger partial charge in [-0.25, -0.2) is 0 Å². The van der Waals surface area contributed by atoms with Crippen LogP contribution in [-0.2, 0) is 0 Å². The van der Waals surface area contributed by atoms with Crippen LogP contribution < -0.4 is 10.2 Å². The first kappa shape index (κ1) is 30.8. The number of allylic oxidation sites excluding steroid dienone is 3. The standard InChI is InChI=1S/C46H36N4/c47-41-24-12-11-22-40(41)46(36-18-6-2-7-19-36)49-32-48-42-25-14-23-39(45(42)35-16-4-1-5-17-35)37-30-29-34-28-27-33-15-10-13-26-43(33)50(44(34)31-37)38-20-8-3-9-21-38/h1-32,40,46-47H,(H,48,49). The van der Waals surface area contributed by atoms with Crippen molar-refractivity contribution in [2.45, 2.75) is 6.04 Å². The second-order valence-electron chi connectivity index (χ2n) is 12.4. The molecular formula is C46H36N4. The number of rotatable bonds is 8. The molecule has 2 unspecified atom stereocenters. The van der Waals surface area contributed by atoms with Crippen molar-refractivity contribution < 1.29 is 0 Å². The molecule has 0 aromatic heterocycles. The van der Waals surface area contributed by atoms with Gasteiger partial charge in [-0.3, -0.25) is 4.99 Å². The van der Waals surface area contributed by atoms with E-state index in [9.17, 15) is 0 Å². The summed E-state index contributed by atoms with van der Waals surface area (Å²) in [4.78, 5) is 7.42. The maximum Gasteiger partial charge on any atom is 0.0884 e. The first-order chi connectivity index (χ1) is 24.7. The molecule has 50 heavy (non-hydrogen) atoms. The van der Waals surface area contributed by atoms with Crippen molar-refractivity contribution in [1.29, 1.82) is 5.41 Å². The topological polar surface area (TPSA) is 51.5 Å². The molecule has 0 bridgehead atoms. The Morgan fingerprint density at radius 1 is 0.620 bits per heavy atom. The summed E-state index contributed by atoms with van der Waals surface area (Å²) in [5, 5.41) is 12.2. The van der Waals surface area contributed by atoms with Crippen LogP contribution in [0.15, 0.2) is 181 Å². The van der Waals surface area contributed by atoms with Gasteiger partial charge >= 0.3 is 0 Å². The molecule has 1 aliphatic heterocycles. The van der Waals surface area contributed by atoms with E-state index in [2.05, 4.69) is 162 Å². The summed E-state index contributed by atoms with van der Waals surface area (Å²) in [5.74, 6) is -0.147. The van der Waals surface area contributed by atoms with Gasteiger partial charge in [0.2, 0.25) is 0 Å². The Morgan fingerprint density at radius 3 is 2.10 bits per heavy atom. The Hall–Kier alpha value is -6.52. The van der Waals surface area contributed by atoms with Crippen LogP contribution in [0.2, 0.25) is 0 Å². The van der Waals surface area contributed by atoms with Gasteiger partial charge < -0.3 is 15.6 Å². The summed E-state index contributed by atoms with van der Waals surface area (Å²) in [5.41, 5.74) is 12.7. The van der Waals surface area contributed by atoms with E-state index in [1.807, 2.05) is 36.4 Å². The third kappa shape index (κ3) is 6.11. The monoisotopic (exact) mass is 644 g/mol. The van der Waals surface area contributed by atoms with Crippen LogP contribution in [0.25, 0.3) is 34.4 Å². The fourth-order valence-electron chi connectivity index (χ4n) is 6.93. The molecule has 4 nitrogen and oxygen atoms in total. The zero-order chi connectivity index (χ0) is 33.7. The van der Waals surface area contributed by atoms with E-state index in [1.54, 1.807) is 6.34 Å². The Kier molecular flexibility index (Phi) is 8.57. The lowest BCUT2D eigenvalue weighted by Crippen LogP contribution is -2.19. The molecule has 1 heterocycles. The van der Waals surface area contributed by atoms with Gasteiger partial charge in [-0.15, -0.1) is 0 Å². The number of aliphatic imine (C=N–C) groups is 1. The lowest BCUT2D eigenvalue weighted by molar-refractivity contribution is 0.650. The number of hydrogen-bond donors (Lipinski definition) is 2. The molecule has 6 aromatic carbocycles. The number of fused-ring (bicyclic) bond motifs is 2. The molecule has 2 N–H and O–H groups in total. The van der Waals surface area contributed by atoms with Crippen LogP contribution >= 0.6 is 0 Å². The average Bonchev–Trinajstić information content (AvgIpc) is 3.34. The minimum absolute atomic E-state index is 0.147. The molecule has 0 amide bonds. The molecule has 0 radical (unpaired) electrons. The van der Waals surface area contributed by atoms with Crippen molar-refractivity contribution in [2.24, 2.45) is 10.9 Å². The molecule has 0 saturated carbocycles. The van der Waals surface area contributed by atoms with Crippen LogP contribution in [0, 0.1) is 11.3 Å². The predicted molar refractivity (Wildman–Crippen MR) is 212 cm³/mol. The number of para-hydroxylation sites is 2. The zero-order valence-corrected chi connectivity index (χ0v) is 27.5. The summed E-state index contributed by atoms with van der Waals surface area (Å²) >= 11 is 0. The quantitative estimate of drug-likeness (QED) is 0.128. The van der Waals surface area contributed by atoms with Gasteiger partial charge in [0, 0.05) is 28.6 Å². The fraction of sp³-hybridized carbons (Fsp3) is 0.0435. The van der Waals surface area contributed by atoms with E-state index in [4.69, 9.17) is 10.4 Å². The van der Waals surface area contributed by atoms with E-state index in [0.717, 1.165) is 56.1 Å². The molecular weight excluding hydrogens is 609 g/mol. The SMILES string of the molecule is N=C1C=CC=CC1C(/N=C/Nc1cccc(-c2ccc3c(c2)N(c2ccccc2)c2ccccc2C=C3)c1-c1ccccc1)c1ccccc1. The second kappa shape index (κ2) is 13.9. The van der Waals surface area contributed by atoms with Gasteiger partial charge in [0.15, 0.2) is 0 Å². The molecule has 4 heteroatoms. The Labute approximate surface area is 293 Å². The van der Waals surface area contributed by atoms with Crippen molar-refractivity contribution >= 4 is 47.0 Å². The van der Waals surface area contributed by atoms with Crippen LogP contribution in [0.4, 0.5) is 22.7 Å². The summed E-state index contributed by atoms with van der Waals surface area (Å²) < 4.78 is 0. The number of nitrogens with one attached hydrogen (secondary N) is 2. The minimum Gasteiger partial charge on any atom is -0.346 e. The van der Waals surface area contributed by atoms with E-state index in [1.165, 1.54) is 5.56 Å². The highest BCUT2D eigenvalue weighted by atomic mass is 15.1. The fourth-order valence-corrected chi connectivity index (χ4v) is 6.93. The van der Waals surface area contributed by atoms with Gasteiger partial charge in [-0.05, 0) is 69.8 Å². The Bertz CT molecular complexity index is 2270. The third-order valence-corrected chi connectivity index (χ3v) is 9.34. The van der Waals surface area contributed by atoms with E-state index in [0.29, 0.717) is 5.71 Å². The van der Waals surface area contributed by atoms with Crippen LogP contribution in [0.1, 0.15) is 22.7 Å². The molecule has 6 aromatic rings. The number of benzene rings is 6. The van der Waals surface area contributed by atoms with Crippen molar-refractivity contribution in [3.05, 3.63) is 193 Å². The number of hydrogen-bond acceptors (Lipinski definition) is 3. The second-order valence-corrected chi connectivity index (χ2v) is 12.4. The number of nitrogens with zero attached hydrogens (tertiary/aromatic N) is 2. The maximum atomic E-state index is 8.64. The van der Waals surface area contributed by atoms with Gasteiger partial charge in [-0.2, -0.15) is 0 Å². The smallest absolute Gasteiger partial charge is 0.0884 e. The largest absolute Gasteiger partial charge is 0.346 e. The van der Waals surface area contributed by atoms with E-state index in [-0.39, 0.29) is 12.0 Å². The molecule has 0 saturated heterocycles. The lowest BCUT2D eigenvalue weighted by Gasteiger charge is -2.28. The maximum absolute atomic E-state index is 8.64. The highest BCUT2D eigenvalue weighted by Gasteiger charge is 2.25. The van der Waals surface area contributed by atoms with E-state index >= 15 is 0 Å². The minimum atomic E-state index is -0.231. The molecule has 2 aliphatic rings. The Balaban J connectivity index is 1.22. The summed E-state index contributed by atoms with van der Waals surface area (Å²) in [7, 11) is 0. The normalized spacial score (nSPS) is 15.4. The molecule has 1 aliphatic carbocycles. The molecule has 2 atom stereocenters. The highest BCUT2D eigenvalue weighted by molar-refractivity contribution is 6.00. The van der Waals surface area contributed by atoms with Crippen molar-refractivity contribution in [2.75, 3.05) is 10.2 Å². The molecule has 0 fully saturated rings. The van der Waals surface area contributed by atoms with Crippen molar-refractivity contribution in [1.82, 2.24) is 0 Å². The summed E-state index contributed by atoms with van der Waals surface area (Å²) in [6.45, 7) is 0. The van der Waals surface area contributed by atoms with Gasteiger partial charge in [0.25, 0.3) is 0 Å². The van der Waals surface area contributed by atoms with Crippen LogP contribution in [-0.4, -0.2) is 12.1 Å².